The number of piperidine rings is 1. The highest BCUT2D eigenvalue weighted by molar-refractivity contribution is 5.69. The van der Waals surface area contributed by atoms with Crippen LogP contribution in [0.25, 0.3) is 0 Å². The molecule has 0 spiro atoms. The molecule has 8 nitrogen and oxygen atoms in total. The van der Waals surface area contributed by atoms with Crippen molar-refractivity contribution >= 4 is 11.8 Å². The Balaban J connectivity index is 2.06. The van der Waals surface area contributed by atoms with Crippen LogP contribution in [-0.4, -0.2) is 39.2 Å². The molecule has 154 valence electrons. The van der Waals surface area contributed by atoms with Gasteiger partial charge in [0.15, 0.2) is 6.10 Å². The summed E-state index contributed by atoms with van der Waals surface area (Å²) in [5, 5.41) is 30.9. The first kappa shape index (κ1) is 20.8. The summed E-state index contributed by atoms with van der Waals surface area (Å²) in [5.74, 6) is 0. The Kier molecular flexibility index (Phi) is 6.79. The van der Waals surface area contributed by atoms with Crippen molar-refractivity contribution in [3.05, 3.63) is 74.8 Å². The van der Waals surface area contributed by atoms with Crippen molar-refractivity contribution in [2.75, 3.05) is 13.1 Å². The minimum absolute atomic E-state index is 0.160. The van der Waals surface area contributed by atoms with Gasteiger partial charge in [0, 0.05) is 19.2 Å². The number of aliphatic hydroxyl groups excluding tert-OH is 2. The lowest BCUT2D eigenvalue weighted by atomic mass is 9.95. The van der Waals surface area contributed by atoms with Crippen LogP contribution in [0, 0.1) is 10.1 Å². The quantitative estimate of drug-likeness (QED) is 0.568. The van der Waals surface area contributed by atoms with Crippen molar-refractivity contribution in [2.24, 2.45) is 0 Å². The fourth-order valence-electron chi connectivity index (χ4n) is 3.55. The molecule has 2 aromatic carbocycles. The van der Waals surface area contributed by atoms with Crippen LogP contribution in [0.5, 0.6) is 0 Å². The standard InChI is InChI=1S/C21H24N2O6/c24-13-16-11-18(19(23(27)28)12-17(16)14-25)20(15-7-3-1-4-8-15)29-21(26)22-9-5-2-6-10-22/h1,3-4,7-8,11-12,20,24-25H,2,5-6,9-10,13-14H2. The van der Waals surface area contributed by atoms with Crippen LogP contribution in [0.1, 0.15) is 47.6 Å². The minimum Gasteiger partial charge on any atom is -0.436 e. The van der Waals surface area contributed by atoms with E-state index in [1.54, 1.807) is 35.2 Å². The van der Waals surface area contributed by atoms with Gasteiger partial charge >= 0.3 is 6.09 Å². The average molecular weight is 400 g/mol. The van der Waals surface area contributed by atoms with Crippen LogP contribution >= 0.6 is 0 Å². The van der Waals surface area contributed by atoms with Crippen LogP contribution < -0.4 is 0 Å². The second-order valence-electron chi connectivity index (χ2n) is 6.98. The fourth-order valence-corrected chi connectivity index (χ4v) is 3.55. The molecule has 2 N–H and O–H groups in total. The number of hydrogen-bond acceptors (Lipinski definition) is 6. The van der Waals surface area contributed by atoms with Gasteiger partial charge in [0.05, 0.1) is 23.7 Å². The highest BCUT2D eigenvalue weighted by Gasteiger charge is 2.30. The monoisotopic (exact) mass is 400 g/mol. The van der Waals surface area contributed by atoms with Crippen LogP contribution in [-0.2, 0) is 18.0 Å². The molecule has 1 unspecified atom stereocenters. The van der Waals surface area contributed by atoms with Crippen LogP contribution in [0.3, 0.4) is 0 Å². The fraction of sp³-hybridized carbons (Fsp3) is 0.381. The Morgan fingerprint density at radius 3 is 2.28 bits per heavy atom. The van der Waals surface area contributed by atoms with E-state index < -0.39 is 30.3 Å². The van der Waals surface area contributed by atoms with E-state index in [4.69, 9.17) is 4.74 Å². The van der Waals surface area contributed by atoms with Gasteiger partial charge in [-0.3, -0.25) is 10.1 Å². The third kappa shape index (κ3) is 4.72. The normalized spacial score (nSPS) is 15.0. The Labute approximate surface area is 168 Å². The number of hydrogen-bond donors (Lipinski definition) is 2. The van der Waals surface area contributed by atoms with Gasteiger partial charge in [0.1, 0.15) is 0 Å². The second-order valence-corrected chi connectivity index (χ2v) is 6.98. The zero-order valence-corrected chi connectivity index (χ0v) is 16.0. The van der Waals surface area contributed by atoms with Crippen molar-refractivity contribution in [2.45, 2.75) is 38.6 Å². The van der Waals surface area contributed by atoms with E-state index in [9.17, 15) is 25.1 Å². The molecule has 1 aliphatic rings. The number of amides is 1. The topological polar surface area (TPSA) is 113 Å². The number of carbonyl (C=O) groups is 1. The Morgan fingerprint density at radius 2 is 1.69 bits per heavy atom. The van der Waals surface area contributed by atoms with Crippen LogP contribution in [0.4, 0.5) is 10.5 Å². The molecular formula is C21H24N2O6. The Hall–Kier alpha value is -2.97. The van der Waals surface area contributed by atoms with E-state index in [0.29, 0.717) is 24.2 Å². The summed E-state index contributed by atoms with van der Waals surface area (Å²) in [5.41, 5.74) is 1.08. The first-order chi connectivity index (χ1) is 14.0. The largest absolute Gasteiger partial charge is 0.436 e. The molecule has 8 heteroatoms. The summed E-state index contributed by atoms with van der Waals surface area (Å²) in [7, 11) is 0. The van der Waals surface area contributed by atoms with E-state index >= 15 is 0 Å². The third-order valence-electron chi connectivity index (χ3n) is 5.10. The summed E-state index contributed by atoms with van der Waals surface area (Å²) in [4.78, 5) is 25.5. The molecule has 1 saturated heterocycles. The summed E-state index contributed by atoms with van der Waals surface area (Å²) in [6, 6.07) is 11.5. The molecule has 1 aliphatic heterocycles. The number of nitro groups is 1. The van der Waals surface area contributed by atoms with E-state index in [-0.39, 0.29) is 16.8 Å². The Bertz CT molecular complexity index is 865. The highest BCUT2D eigenvalue weighted by Crippen LogP contribution is 2.36. The molecule has 0 aliphatic carbocycles. The summed E-state index contributed by atoms with van der Waals surface area (Å²) in [6.45, 7) is 0.338. The summed E-state index contributed by atoms with van der Waals surface area (Å²) >= 11 is 0. The smallest absolute Gasteiger partial charge is 0.410 e. The molecule has 0 aromatic heterocycles. The van der Waals surface area contributed by atoms with Crippen molar-refractivity contribution in [1.82, 2.24) is 4.90 Å². The Morgan fingerprint density at radius 1 is 1.07 bits per heavy atom. The first-order valence-corrected chi connectivity index (χ1v) is 9.57. The lowest BCUT2D eigenvalue weighted by Crippen LogP contribution is -2.36. The van der Waals surface area contributed by atoms with Crippen LogP contribution in [0.2, 0.25) is 0 Å². The van der Waals surface area contributed by atoms with Gasteiger partial charge in [-0.15, -0.1) is 0 Å². The maximum Gasteiger partial charge on any atom is 0.410 e. The van der Waals surface area contributed by atoms with Gasteiger partial charge in [0.2, 0.25) is 0 Å². The predicted molar refractivity (Wildman–Crippen MR) is 105 cm³/mol. The molecule has 3 rings (SSSR count). The SMILES string of the molecule is O=C(OC(c1ccccc1)c1cc(CO)c(CO)cc1[N+](=O)[O-])N1CCCCC1. The van der Waals surface area contributed by atoms with Gasteiger partial charge in [-0.2, -0.15) is 0 Å². The zero-order valence-electron chi connectivity index (χ0n) is 16.0. The molecule has 0 saturated carbocycles. The summed E-state index contributed by atoms with van der Waals surface area (Å²) < 4.78 is 5.76. The van der Waals surface area contributed by atoms with Gasteiger partial charge < -0.3 is 19.8 Å². The highest BCUT2D eigenvalue weighted by atomic mass is 16.6. The number of carbonyl (C=O) groups excluding carboxylic acids is 1. The van der Waals surface area contributed by atoms with Crippen molar-refractivity contribution in [1.29, 1.82) is 0 Å². The lowest BCUT2D eigenvalue weighted by molar-refractivity contribution is -0.386. The van der Waals surface area contributed by atoms with E-state index in [1.165, 1.54) is 12.1 Å². The number of likely N-dealkylation sites (tertiary alicyclic amines) is 1. The molecule has 1 atom stereocenters. The van der Waals surface area contributed by atoms with Crippen molar-refractivity contribution in [3.63, 3.8) is 0 Å². The van der Waals surface area contributed by atoms with Gasteiger partial charge in [-0.25, -0.2) is 4.79 Å². The van der Waals surface area contributed by atoms with E-state index in [0.717, 1.165) is 19.3 Å². The van der Waals surface area contributed by atoms with Gasteiger partial charge in [0.25, 0.3) is 5.69 Å². The summed E-state index contributed by atoms with van der Waals surface area (Å²) in [6.07, 6.45) is 1.31. The lowest BCUT2D eigenvalue weighted by Gasteiger charge is -2.28. The molecule has 0 bridgehead atoms. The van der Waals surface area contributed by atoms with E-state index in [1.807, 2.05) is 0 Å². The van der Waals surface area contributed by atoms with Gasteiger partial charge in [-0.05, 0) is 42.0 Å². The number of rotatable bonds is 6. The van der Waals surface area contributed by atoms with Crippen molar-refractivity contribution in [3.8, 4) is 0 Å². The van der Waals surface area contributed by atoms with E-state index in [2.05, 4.69) is 0 Å². The molecule has 29 heavy (non-hydrogen) atoms. The minimum atomic E-state index is -1.01. The number of nitro benzene ring substituents is 1. The number of benzene rings is 2. The molecular weight excluding hydrogens is 376 g/mol. The average Bonchev–Trinajstić information content (AvgIpc) is 2.77. The van der Waals surface area contributed by atoms with Crippen LogP contribution in [0.15, 0.2) is 42.5 Å². The maximum atomic E-state index is 12.8. The third-order valence-corrected chi connectivity index (χ3v) is 5.10. The molecule has 2 aromatic rings. The van der Waals surface area contributed by atoms with Gasteiger partial charge in [-0.1, -0.05) is 30.3 Å². The number of ether oxygens (including phenoxy) is 1. The molecule has 1 fully saturated rings. The second kappa shape index (κ2) is 9.49. The number of aliphatic hydroxyl groups is 2. The maximum absolute atomic E-state index is 12.8. The molecule has 1 heterocycles. The predicted octanol–water partition coefficient (Wildman–Crippen LogP) is 3.29. The van der Waals surface area contributed by atoms with Crippen molar-refractivity contribution < 1.29 is 24.7 Å². The molecule has 0 radical (unpaired) electrons. The number of nitrogens with zero attached hydrogens (tertiary/aromatic N) is 2. The molecule has 1 amide bonds. The zero-order chi connectivity index (χ0) is 20.8. The first-order valence-electron chi connectivity index (χ1n) is 9.57.